The van der Waals surface area contributed by atoms with Gasteiger partial charge in [0.2, 0.25) is 0 Å². The van der Waals surface area contributed by atoms with Crippen molar-refractivity contribution in [2.45, 2.75) is 24.7 Å². The highest BCUT2D eigenvalue weighted by Gasteiger charge is 2.46. The number of aliphatic carboxylic acids is 1. The van der Waals surface area contributed by atoms with E-state index >= 15 is 8.78 Å². The van der Waals surface area contributed by atoms with Gasteiger partial charge >= 0.3 is 12.1 Å². The Morgan fingerprint density at radius 2 is 1.81 bits per heavy atom. The van der Waals surface area contributed by atoms with Gasteiger partial charge in [-0.2, -0.15) is 13.2 Å². The number of carboxylic acids is 1. The number of imidazole rings is 1. The molecule has 0 aliphatic carbocycles. The van der Waals surface area contributed by atoms with Gasteiger partial charge < -0.3 is 29.0 Å². The molecule has 244 valence electrons. The zero-order chi connectivity index (χ0) is 33.6. The Labute approximate surface area is 262 Å². The fraction of sp³-hybridized carbons (Fsp3) is 0.250. The van der Waals surface area contributed by atoms with Gasteiger partial charge in [-0.25, -0.2) is 18.6 Å². The molecule has 3 aromatic heterocycles. The van der Waals surface area contributed by atoms with Crippen molar-refractivity contribution in [2.24, 2.45) is 7.05 Å². The van der Waals surface area contributed by atoms with E-state index in [-0.39, 0.29) is 25.1 Å². The van der Waals surface area contributed by atoms with Gasteiger partial charge in [-0.15, -0.1) is 0 Å². The van der Waals surface area contributed by atoms with Crippen molar-refractivity contribution in [3.8, 4) is 11.1 Å². The van der Waals surface area contributed by atoms with Crippen LogP contribution in [0.1, 0.15) is 16.1 Å². The number of pyridine rings is 2. The predicted molar refractivity (Wildman–Crippen MR) is 160 cm³/mol. The van der Waals surface area contributed by atoms with Crippen LogP contribution in [0.15, 0.2) is 71.8 Å². The van der Waals surface area contributed by atoms with Crippen molar-refractivity contribution in [1.82, 2.24) is 19.3 Å². The number of ether oxygens (including phenoxy) is 1. The summed E-state index contributed by atoms with van der Waals surface area (Å²) in [6, 6.07) is 9.58. The minimum absolute atomic E-state index is 0.109. The third-order valence-electron chi connectivity index (χ3n) is 8.17. The highest BCUT2D eigenvalue weighted by molar-refractivity contribution is 5.97. The summed E-state index contributed by atoms with van der Waals surface area (Å²) in [5, 5.41) is 12.8. The van der Waals surface area contributed by atoms with Gasteiger partial charge in [0, 0.05) is 49.4 Å². The Kier molecular flexibility index (Phi) is 8.17. The normalized spacial score (nSPS) is 16.0. The number of nitrogens with one attached hydrogen (secondary N) is 1. The smallest absolute Gasteiger partial charge is 0.411 e. The third kappa shape index (κ3) is 5.89. The predicted octanol–water partition coefficient (Wildman–Crippen LogP) is 4.32. The number of carbonyl (C=O) groups is 2. The Hall–Kier alpha value is -5.31. The molecule has 5 aromatic rings. The lowest BCUT2D eigenvalue weighted by Gasteiger charge is -2.38. The molecule has 0 spiro atoms. The number of morpholine rings is 1. The molecule has 6 rings (SSSR count). The number of anilines is 1. The lowest BCUT2D eigenvalue weighted by atomic mass is 10.0. The summed E-state index contributed by atoms with van der Waals surface area (Å²) >= 11 is 0. The lowest BCUT2D eigenvalue weighted by Crippen LogP contribution is -2.53. The van der Waals surface area contributed by atoms with E-state index in [1.807, 2.05) is 24.3 Å². The van der Waals surface area contributed by atoms with E-state index in [2.05, 4.69) is 10.3 Å². The minimum atomic E-state index is -4.75. The van der Waals surface area contributed by atoms with E-state index in [4.69, 9.17) is 4.74 Å². The first-order valence-electron chi connectivity index (χ1n) is 14.3. The van der Waals surface area contributed by atoms with Crippen LogP contribution in [0.5, 0.6) is 0 Å². The van der Waals surface area contributed by atoms with Crippen molar-refractivity contribution in [2.75, 3.05) is 24.7 Å². The summed E-state index contributed by atoms with van der Waals surface area (Å²) in [6.07, 6.45) is -2.11. The molecule has 1 saturated heterocycles. The maximum atomic E-state index is 15.1. The Bertz CT molecular complexity index is 2070. The van der Waals surface area contributed by atoms with Crippen LogP contribution in [-0.4, -0.2) is 69.0 Å². The van der Waals surface area contributed by atoms with Gasteiger partial charge in [0.25, 0.3) is 11.5 Å². The van der Waals surface area contributed by atoms with Gasteiger partial charge in [-0.05, 0) is 41.8 Å². The number of rotatable bonds is 7. The van der Waals surface area contributed by atoms with Crippen molar-refractivity contribution < 1.29 is 41.4 Å². The largest absolute Gasteiger partial charge is 0.480 e. The molecule has 2 N–H and O–H groups in total. The molecule has 1 aliphatic rings. The molecule has 1 amide bonds. The molecule has 2 atom stereocenters. The number of carboxylic acid groups (broad SMARTS) is 1. The molecule has 4 heterocycles. The Balaban J connectivity index is 1.28. The zero-order valence-electron chi connectivity index (χ0n) is 24.6. The minimum Gasteiger partial charge on any atom is -0.480 e. The maximum Gasteiger partial charge on any atom is 0.411 e. The summed E-state index contributed by atoms with van der Waals surface area (Å²) in [5.74, 6) is -5.86. The molecular weight excluding hydrogens is 629 g/mol. The molecule has 1 aliphatic heterocycles. The van der Waals surface area contributed by atoms with E-state index in [1.54, 1.807) is 35.8 Å². The standard InChI is InChI=1S/C32H26F5N5O5/c1-40-25-5-3-2-4-17(25)12-21(30(40)44)20-7-6-18(42-9-8-38-28(20)42)15-24(31(45)46)39-29(43)27-22(33)13-19(14-23(27)34)41-10-11-47-16-26(41)32(35,36)37/h2-9,12-14,24,26H,10-11,15-16H2,1H3,(H,39,43)(H,45,46)/t24-,26-/m0/s1. The Morgan fingerprint density at radius 1 is 1.09 bits per heavy atom. The van der Waals surface area contributed by atoms with Gasteiger partial charge in [-0.1, -0.05) is 18.2 Å². The molecule has 0 radical (unpaired) electrons. The van der Waals surface area contributed by atoms with Gasteiger partial charge in [0.05, 0.1) is 24.3 Å². The average molecular weight is 656 g/mol. The molecule has 47 heavy (non-hydrogen) atoms. The number of aromatic nitrogens is 3. The number of halogens is 5. The molecule has 0 saturated carbocycles. The van der Waals surface area contributed by atoms with Crippen LogP contribution in [0.4, 0.5) is 27.6 Å². The third-order valence-corrected chi connectivity index (χ3v) is 8.17. The van der Waals surface area contributed by atoms with Crippen LogP contribution in [0.2, 0.25) is 0 Å². The van der Waals surface area contributed by atoms with Gasteiger partial charge in [0.15, 0.2) is 0 Å². The number of benzene rings is 2. The van der Waals surface area contributed by atoms with Crippen molar-refractivity contribution in [1.29, 1.82) is 0 Å². The quantitative estimate of drug-likeness (QED) is 0.251. The second-order valence-corrected chi connectivity index (χ2v) is 11.0. The summed E-state index contributed by atoms with van der Waals surface area (Å²) in [6.45, 7) is -1.14. The first-order chi connectivity index (χ1) is 22.3. The monoisotopic (exact) mass is 655 g/mol. The lowest BCUT2D eigenvalue weighted by molar-refractivity contribution is -0.167. The van der Waals surface area contributed by atoms with Crippen LogP contribution in [0, 0.1) is 11.6 Å². The van der Waals surface area contributed by atoms with Gasteiger partial charge in [-0.3, -0.25) is 9.59 Å². The fourth-order valence-electron chi connectivity index (χ4n) is 5.83. The van der Waals surface area contributed by atoms with Crippen molar-refractivity contribution >= 4 is 34.1 Å². The SMILES string of the molecule is Cn1c(=O)c(-c2ccc(C[C@H](NC(=O)c3c(F)cc(N4CCOC[C@H]4C(F)(F)F)cc3F)C(=O)O)n3ccnc23)cc2ccccc21. The fourth-order valence-corrected chi connectivity index (χ4v) is 5.83. The van der Waals surface area contributed by atoms with E-state index in [0.717, 1.165) is 15.8 Å². The molecule has 2 aromatic carbocycles. The van der Waals surface area contributed by atoms with Crippen LogP contribution < -0.4 is 15.8 Å². The maximum absolute atomic E-state index is 15.1. The van der Waals surface area contributed by atoms with E-state index in [0.29, 0.717) is 34.6 Å². The number of nitrogens with zero attached hydrogens (tertiary/aromatic N) is 4. The molecule has 10 nitrogen and oxygen atoms in total. The summed E-state index contributed by atoms with van der Waals surface area (Å²) in [4.78, 5) is 43.6. The topological polar surface area (TPSA) is 118 Å². The second kappa shape index (κ2) is 12.1. The average Bonchev–Trinajstić information content (AvgIpc) is 3.53. The molecule has 15 heteroatoms. The summed E-state index contributed by atoms with van der Waals surface area (Å²) in [7, 11) is 1.65. The van der Waals surface area contributed by atoms with E-state index < -0.39 is 59.6 Å². The Morgan fingerprint density at radius 3 is 2.51 bits per heavy atom. The van der Waals surface area contributed by atoms with E-state index in [9.17, 15) is 32.7 Å². The number of hydrogen-bond donors (Lipinski definition) is 2. The summed E-state index contributed by atoms with van der Waals surface area (Å²) in [5.41, 5.74) is 0.351. The van der Waals surface area contributed by atoms with Crippen LogP contribution >= 0.6 is 0 Å². The number of alkyl halides is 3. The zero-order valence-corrected chi connectivity index (χ0v) is 24.6. The number of hydrogen-bond acceptors (Lipinski definition) is 6. The van der Waals surface area contributed by atoms with Crippen LogP contribution in [0.3, 0.4) is 0 Å². The number of fused-ring (bicyclic) bond motifs is 2. The molecule has 0 bridgehead atoms. The number of carbonyl (C=O) groups excluding carboxylic acids is 1. The molecular formula is C32H26F5N5O5. The first-order valence-corrected chi connectivity index (χ1v) is 14.3. The van der Waals surface area contributed by atoms with Crippen molar-refractivity contribution in [3.63, 3.8) is 0 Å². The highest BCUT2D eigenvalue weighted by atomic mass is 19.4. The second-order valence-electron chi connectivity index (χ2n) is 11.0. The highest BCUT2D eigenvalue weighted by Crippen LogP contribution is 2.33. The number of para-hydroxylation sites is 1. The van der Waals surface area contributed by atoms with Crippen LogP contribution in [0.25, 0.3) is 27.7 Å². The number of aryl methyl sites for hydroxylation is 1. The van der Waals surface area contributed by atoms with Crippen LogP contribution in [-0.2, 0) is 23.0 Å². The molecule has 0 unspecified atom stereocenters. The van der Waals surface area contributed by atoms with Gasteiger partial charge in [0.1, 0.15) is 34.9 Å². The first kappa shape index (κ1) is 31.7. The number of amides is 1. The summed E-state index contributed by atoms with van der Waals surface area (Å²) < 4.78 is 78.7. The van der Waals surface area contributed by atoms with Crippen molar-refractivity contribution in [3.05, 3.63) is 100 Å². The molecule has 1 fully saturated rings. The van der Waals surface area contributed by atoms with E-state index in [1.165, 1.54) is 10.8 Å².